The van der Waals surface area contributed by atoms with E-state index in [-0.39, 0.29) is 11.8 Å². The van der Waals surface area contributed by atoms with Gasteiger partial charge in [0.1, 0.15) is 5.75 Å². The molecule has 138 valence electrons. The molecule has 2 N–H and O–H groups in total. The molecule has 6 heteroatoms. The normalized spacial score (nSPS) is 10.3. The van der Waals surface area contributed by atoms with Crippen molar-refractivity contribution in [2.24, 2.45) is 0 Å². The molecule has 2 aromatic rings. The molecule has 0 fully saturated rings. The summed E-state index contributed by atoms with van der Waals surface area (Å²) in [7, 11) is 0. The van der Waals surface area contributed by atoms with Crippen LogP contribution in [0.5, 0.6) is 5.75 Å². The van der Waals surface area contributed by atoms with Crippen molar-refractivity contribution in [1.82, 2.24) is 0 Å². The van der Waals surface area contributed by atoms with Crippen LogP contribution >= 0.6 is 15.9 Å². The molecule has 2 aromatic carbocycles. The lowest BCUT2D eigenvalue weighted by Gasteiger charge is -2.13. The molecule has 0 unspecified atom stereocenters. The van der Waals surface area contributed by atoms with Gasteiger partial charge in [-0.05, 0) is 49.2 Å². The molecule has 0 aliphatic rings. The second kappa shape index (κ2) is 9.38. The number of carbonyl (C=O) groups is 2. The summed E-state index contributed by atoms with van der Waals surface area (Å²) in [5, 5.41) is 5.71. The van der Waals surface area contributed by atoms with Gasteiger partial charge in [-0.25, -0.2) is 0 Å². The smallest absolute Gasteiger partial charge is 0.259 e. The Morgan fingerprint density at radius 2 is 1.85 bits per heavy atom. The second-order valence-electron chi connectivity index (χ2n) is 5.87. The third-order valence-electron chi connectivity index (χ3n) is 3.74. The highest BCUT2D eigenvalue weighted by Crippen LogP contribution is 2.26. The largest absolute Gasteiger partial charge is 0.493 e. The van der Waals surface area contributed by atoms with E-state index in [9.17, 15) is 9.59 Å². The summed E-state index contributed by atoms with van der Waals surface area (Å²) in [5.74, 6) is 0.201. The van der Waals surface area contributed by atoms with Crippen LogP contribution in [-0.4, -0.2) is 18.4 Å². The molecule has 0 aliphatic carbocycles. The molecule has 0 radical (unpaired) electrons. The second-order valence-corrected chi connectivity index (χ2v) is 6.79. The number of nitrogens with one attached hydrogen (secondary N) is 2. The molecule has 0 spiro atoms. The van der Waals surface area contributed by atoms with E-state index in [4.69, 9.17) is 4.74 Å². The molecule has 0 heterocycles. The van der Waals surface area contributed by atoms with Gasteiger partial charge in [0, 0.05) is 22.3 Å². The summed E-state index contributed by atoms with van der Waals surface area (Å²) < 4.78 is 6.47. The number of carbonyl (C=O) groups excluding carboxylic acids is 2. The van der Waals surface area contributed by atoms with Crippen LogP contribution in [0.25, 0.3) is 0 Å². The fourth-order valence-corrected chi connectivity index (χ4v) is 2.65. The number of hydrogen-bond acceptors (Lipinski definition) is 3. The molecule has 0 saturated heterocycles. The number of benzene rings is 2. The van der Waals surface area contributed by atoms with E-state index in [1.807, 2.05) is 26.0 Å². The molecule has 5 nitrogen and oxygen atoms in total. The average molecular weight is 419 g/mol. The van der Waals surface area contributed by atoms with Gasteiger partial charge < -0.3 is 15.4 Å². The Hall–Kier alpha value is -2.34. The summed E-state index contributed by atoms with van der Waals surface area (Å²) in [6, 6.07) is 10.8. The lowest BCUT2D eigenvalue weighted by atomic mass is 10.1. The van der Waals surface area contributed by atoms with Crippen molar-refractivity contribution >= 4 is 39.1 Å². The summed E-state index contributed by atoms with van der Waals surface area (Å²) in [4.78, 5) is 24.4. The van der Waals surface area contributed by atoms with Crippen LogP contribution in [0.2, 0.25) is 0 Å². The predicted molar refractivity (Wildman–Crippen MR) is 108 cm³/mol. The zero-order valence-electron chi connectivity index (χ0n) is 15.2. The lowest BCUT2D eigenvalue weighted by Crippen LogP contribution is -2.15. The highest BCUT2D eigenvalue weighted by molar-refractivity contribution is 9.10. The van der Waals surface area contributed by atoms with Crippen molar-refractivity contribution in [1.29, 1.82) is 0 Å². The third-order valence-corrected chi connectivity index (χ3v) is 4.23. The molecular weight excluding hydrogens is 396 g/mol. The number of ether oxygens (including phenoxy) is 1. The van der Waals surface area contributed by atoms with Crippen molar-refractivity contribution in [2.45, 2.75) is 33.6 Å². The number of aryl methyl sites for hydroxylation is 1. The minimum absolute atomic E-state index is 0.0705. The SMILES string of the molecule is CCCOc1ccc(Br)cc1C(=O)Nc1ccc(C)c(NC(=O)CC)c1. The van der Waals surface area contributed by atoms with Crippen LogP contribution in [0, 0.1) is 6.92 Å². The monoisotopic (exact) mass is 418 g/mol. The highest BCUT2D eigenvalue weighted by Gasteiger charge is 2.14. The van der Waals surface area contributed by atoms with E-state index in [0.29, 0.717) is 35.7 Å². The molecule has 2 rings (SSSR count). The molecule has 0 aromatic heterocycles. The standard InChI is InChI=1S/C20H23BrN2O3/c1-4-10-26-18-9-7-14(21)11-16(18)20(25)22-15-8-6-13(3)17(12-15)23-19(24)5-2/h6-9,11-12H,4-5,10H2,1-3H3,(H,22,25)(H,23,24). The van der Waals surface area contributed by atoms with Gasteiger partial charge in [0.05, 0.1) is 12.2 Å². The number of halogens is 1. The molecule has 26 heavy (non-hydrogen) atoms. The maximum Gasteiger partial charge on any atom is 0.259 e. The first-order chi connectivity index (χ1) is 12.4. The number of amides is 2. The topological polar surface area (TPSA) is 67.4 Å². The summed E-state index contributed by atoms with van der Waals surface area (Å²) in [5.41, 5.74) is 2.67. The van der Waals surface area contributed by atoms with E-state index in [1.54, 1.807) is 31.2 Å². The van der Waals surface area contributed by atoms with E-state index in [1.165, 1.54) is 0 Å². The maximum absolute atomic E-state index is 12.7. The van der Waals surface area contributed by atoms with E-state index in [0.717, 1.165) is 16.5 Å². The van der Waals surface area contributed by atoms with Crippen molar-refractivity contribution in [3.63, 3.8) is 0 Å². The molecule has 0 saturated carbocycles. The zero-order chi connectivity index (χ0) is 19.1. The lowest BCUT2D eigenvalue weighted by molar-refractivity contribution is -0.115. The van der Waals surface area contributed by atoms with Crippen LogP contribution in [0.1, 0.15) is 42.6 Å². The van der Waals surface area contributed by atoms with Crippen LogP contribution in [0.15, 0.2) is 40.9 Å². The van der Waals surface area contributed by atoms with Crippen molar-refractivity contribution in [3.05, 3.63) is 52.0 Å². The predicted octanol–water partition coefficient (Wildman–Crippen LogP) is 5.15. The number of hydrogen-bond donors (Lipinski definition) is 2. The van der Waals surface area contributed by atoms with E-state index >= 15 is 0 Å². The first-order valence-electron chi connectivity index (χ1n) is 8.58. The molecule has 0 aliphatic heterocycles. The van der Waals surface area contributed by atoms with E-state index < -0.39 is 0 Å². The Morgan fingerprint density at radius 3 is 2.54 bits per heavy atom. The summed E-state index contributed by atoms with van der Waals surface area (Å²) in [6.07, 6.45) is 1.25. The third kappa shape index (κ3) is 5.33. The Kier molecular flexibility index (Phi) is 7.21. The quantitative estimate of drug-likeness (QED) is 0.653. The van der Waals surface area contributed by atoms with Gasteiger partial charge in [0.15, 0.2) is 0 Å². The summed E-state index contributed by atoms with van der Waals surface area (Å²) in [6.45, 7) is 6.25. The Balaban J connectivity index is 2.23. The first-order valence-corrected chi connectivity index (χ1v) is 9.38. The fourth-order valence-electron chi connectivity index (χ4n) is 2.29. The Morgan fingerprint density at radius 1 is 1.08 bits per heavy atom. The first kappa shape index (κ1) is 20.0. The van der Waals surface area contributed by atoms with Gasteiger partial charge >= 0.3 is 0 Å². The highest BCUT2D eigenvalue weighted by atomic mass is 79.9. The van der Waals surface area contributed by atoms with Crippen LogP contribution < -0.4 is 15.4 Å². The number of anilines is 2. The minimum atomic E-state index is -0.269. The minimum Gasteiger partial charge on any atom is -0.493 e. The van der Waals surface area contributed by atoms with Crippen LogP contribution in [0.4, 0.5) is 11.4 Å². The molecular formula is C20H23BrN2O3. The Labute approximate surface area is 162 Å². The van der Waals surface area contributed by atoms with Crippen molar-refractivity contribution in [2.75, 3.05) is 17.2 Å². The maximum atomic E-state index is 12.7. The fraction of sp³-hybridized carbons (Fsp3) is 0.300. The average Bonchev–Trinajstić information content (AvgIpc) is 2.63. The van der Waals surface area contributed by atoms with Gasteiger partial charge in [-0.3, -0.25) is 9.59 Å². The van der Waals surface area contributed by atoms with Crippen LogP contribution in [-0.2, 0) is 4.79 Å². The van der Waals surface area contributed by atoms with Crippen LogP contribution in [0.3, 0.4) is 0 Å². The Bertz CT molecular complexity index is 806. The van der Waals surface area contributed by atoms with Gasteiger partial charge in [0.2, 0.25) is 5.91 Å². The number of rotatable bonds is 7. The molecule has 0 bridgehead atoms. The van der Waals surface area contributed by atoms with E-state index in [2.05, 4.69) is 26.6 Å². The van der Waals surface area contributed by atoms with Gasteiger partial charge in [-0.15, -0.1) is 0 Å². The zero-order valence-corrected chi connectivity index (χ0v) is 16.8. The van der Waals surface area contributed by atoms with Gasteiger partial charge in [0.25, 0.3) is 5.91 Å². The summed E-state index contributed by atoms with van der Waals surface area (Å²) >= 11 is 3.39. The molecule has 0 atom stereocenters. The van der Waals surface area contributed by atoms with Crippen molar-refractivity contribution in [3.8, 4) is 5.75 Å². The van der Waals surface area contributed by atoms with Gasteiger partial charge in [-0.1, -0.05) is 35.8 Å². The van der Waals surface area contributed by atoms with Gasteiger partial charge in [-0.2, -0.15) is 0 Å². The molecule has 2 amide bonds. The van der Waals surface area contributed by atoms with Crippen molar-refractivity contribution < 1.29 is 14.3 Å².